The summed E-state index contributed by atoms with van der Waals surface area (Å²) in [5, 5.41) is 4.73. The van der Waals surface area contributed by atoms with Gasteiger partial charge >= 0.3 is 0 Å². The van der Waals surface area contributed by atoms with Gasteiger partial charge in [-0.2, -0.15) is 0 Å². The smallest absolute Gasteiger partial charge is 0.264 e. The number of carbonyl (C=O) groups is 2. The minimum absolute atomic E-state index is 0.0348. The summed E-state index contributed by atoms with van der Waals surface area (Å²) in [4.78, 5) is 43.4. The molecule has 4 heterocycles. The number of aromatic amines is 1. The molecule has 0 radical (unpaired) electrons. The molecule has 1 unspecified atom stereocenters. The highest BCUT2D eigenvalue weighted by Gasteiger charge is 2.28. The van der Waals surface area contributed by atoms with Gasteiger partial charge in [0.05, 0.1) is 4.88 Å². The Balaban J connectivity index is 1.39. The number of amides is 2. The maximum atomic E-state index is 13.0. The second-order valence-electron chi connectivity index (χ2n) is 7.86. The predicted octanol–water partition coefficient (Wildman–Crippen LogP) is 3.21. The molecule has 0 bridgehead atoms. The number of aromatic nitrogens is 1. The second-order valence-corrected chi connectivity index (χ2v) is 8.81. The van der Waals surface area contributed by atoms with Gasteiger partial charge in [-0.15, -0.1) is 11.3 Å². The number of hydrogen-bond acceptors (Lipinski definition) is 5. The van der Waals surface area contributed by atoms with Crippen LogP contribution in [0.2, 0.25) is 0 Å². The minimum Gasteiger partial charge on any atom is -0.490 e. The summed E-state index contributed by atoms with van der Waals surface area (Å²) in [5.41, 5.74) is 2.85. The summed E-state index contributed by atoms with van der Waals surface area (Å²) in [6, 6.07) is 9.16. The first-order valence-corrected chi connectivity index (χ1v) is 11.0. The zero-order chi connectivity index (χ0) is 21.5. The minimum atomic E-state index is -0.442. The van der Waals surface area contributed by atoms with Gasteiger partial charge in [0.15, 0.2) is 0 Å². The van der Waals surface area contributed by atoms with E-state index < -0.39 is 11.5 Å². The number of anilines is 1. The average Bonchev–Trinajstić information content (AvgIpc) is 3.41. The molecule has 1 aromatic carbocycles. The molecule has 31 heavy (non-hydrogen) atoms. The zero-order valence-corrected chi connectivity index (χ0v) is 17.8. The average molecular weight is 436 g/mol. The molecule has 3 aromatic rings. The highest BCUT2D eigenvalue weighted by atomic mass is 32.1. The van der Waals surface area contributed by atoms with Crippen molar-refractivity contribution in [2.75, 3.05) is 11.9 Å². The van der Waals surface area contributed by atoms with Crippen molar-refractivity contribution < 1.29 is 14.3 Å². The molecule has 2 aromatic heterocycles. The lowest BCUT2D eigenvalue weighted by Gasteiger charge is -2.29. The molecular formula is C23H21N3O4S. The van der Waals surface area contributed by atoms with E-state index in [4.69, 9.17) is 4.74 Å². The molecule has 0 spiro atoms. The van der Waals surface area contributed by atoms with Gasteiger partial charge in [0, 0.05) is 31.4 Å². The summed E-state index contributed by atoms with van der Waals surface area (Å²) in [5.74, 6) is 0.353. The van der Waals surface area contributed by atoms with Gasteiger partial charge in [-0.3, -0.25) is 14.4 Å². The van der Waals surface area contributed by atoms with Crippen LogP contribution in [0.15, 0.2) is 46.7 Å². The van der Waals surface area contributed by atoms with Crippen LogP contribution in [0.25, 0.3) is 0 Å². The van der Waals surface area contributed by atoms with Crippen LogP contribution < -0.4 is 15.6 Å². The van der Waals surface area contributed by atoms with Gasteiger partial charge in [0.1, 0.15) is 17.4 Å². The fraction of sp³-hybridized carbons (Fsp3) is 0.261. The van der Waals surface area contributed by atoms with Gasteiger partial charge in [0.25, 0.3) is 17.4 Å². The molecule has 2 aliphatic rings. The molecule has 8 heteroatoms. The summed E-state index contributed by atoms with van der Waals surface area (Å²) < 4.78 is 5.70. The van der Waals surface area contributed by atoms with E-state index in [1.54, 1.807) is 23.2 Å². The molecule has 1 atom stereocenters. The highest BCUT2D eigenvalue weighted by Crippen LogP contribution is 2.31. The standard InChI is InChI=1S/C23H21N3O4S/c1-13-9-14-10-16(4-5-18(14)30-13)25-22(28)20-17-6-7-26(12-15(17)11-24-21(20)27)23(29)19-3-2-8-31-19/h2-5,8,10-11,13H,6-7,9,12H2,1H3,(H,24,27)(H,25,28). The van der Waals surface area contributed by atoms with Crippen molar-refractivity contribution in [3.05, 3.63) is 79.4 Å². The van der Waals surface area contributed by atoms with Crippen LogP contribution in [0.1, 0.15) is 43.6 Å². The second kappa shape index (κ2) is 7.70. The fourth-order valence-electron chi connectivity index (χ4n) is 4.23. The Hall–Kier alpha value is -3.39. The number of nitrogens with one attached hydrogen (secondary N) is 2. The number of H-pyrrole nitrogens is 1. The van der Waals surface area contributed by atoms with Crippen molar-refractivity contribution in [2.45, 2.75) is 32.4 Å². The van der Waals surface area contributed by atoms with E-state index in [1.807, 2.05) is 30.5 Å². The van der Waals surface area contributed by atoms with Crippen molar-refractivity contribution in [2.24, 2.45) is 0 Å². The Kier molecular flexibility index (Phi) is 4.86. The number of hydrogen-bond donors (Lipinski definition) is 2. The van der Waals surface area contributed by atoms with Gasteiger partial charge in [-0.1, -0.05) is 6.07 Å². The molecule has 2 N–H and O–H groups in total. The van der Waals surface area contributed by atoms with Crippen LogP contribution in [-0.2, 0) is 19.4 Å². The number of nitrogens with zero attached hydrogens (tertiary/aromatic N) is 1. The summed E-state index contributed by atoms with van der Waals surface area (Å²) >= 11 is 1.40. The van der Waals surface area contributed by atoms with Gasteiger partial charge in [-0.05, 0) is 59.7 Å². The maximum Gasteiger partial charge on any atom is 0.264 e. The van der Waals surface area contributed by atoms with E-state index in [-0.39, 0.29) is 17.6 Å². The van der Waals surface area contributed by atoms with Crippen molar-refractivity contribution in [1.82, 2.24) is 9.88 Å². The van der Waals surface area contributed by atoms with E-state index in [2.05, 4.69) is 10.3 Å². The van der Waals surface area contributed by atoms with Gasteiger partial charge in [-0.25, -0.2) is 0 Å². The van der Waals surface area contributed by atoms with E-state index in [0.29, 0.717) is 35.6 Å². The first kappa shape index (κ1) is 19.6. The number of ether oxygens (including phenoxy) is 1. The fourth-order valence-corrected chi connectivity index (χ4v) is 4.92. The van der Waals surface area contributed by atoms with Crippen LogP contribution in [0.4, 0.5) is 5.69 Å². The Morgan fingerprint density at radius 3 is 2.94 bits per heavy atom. The van der Waals surface area contributed by atoms with E-state index in [9.17, 15) is 14.4 Å². The van der Waals surface area contributed by atoms with Gasteiger partial charge in [0.2, 0.25) is 0 Å². The number of benzene rings is 1. The molecule has 5 rings (SSSR count). The molecule has 0 saturated heterocycles. The molecule has 0 saturated carbocycles. The third-order valence-corrected chi connectivity index (χ3v) is 6.54. The van der Waals surface area contributed by atoms with Crippen molar-refractivity contribution in [1.29, 1.82) is 0 Å². The van der Waals surface area contributed by atoms with Crippen LogP contribution >= 0.6 is 11.3 Å². The summed E-state index contributed by atoms with van der Waals surface area (Å²) in [6.07, 6.45) is 2.96. The normalized spacial score (nSPS) is 16.9. The number of thiophene rings is 1. The largest absolute Gasteiger partial charge is 0.490 e. The molecule has 158 valence electrons. The number of pyridine rings is 1. The zero-order valence-electron chi connectivity index (χ0n) is 16.9. The Morgan fingerprint density at radius 1 is 1.26 bits per heavy atom. The summed E-state index contributed by atoms with van der Waals surface area (Å²) in [7, 11) is 0. The molecule has 0 aliphatic carbocycles. The summed E-state index contributed by atoms with van der Waals surface area (Å²) in [6.45, 7) is 2.82. The topological polar surface area (TPSA) is 91.5 Å². The Bertz CT molecular complexity index is 1230. The van der Waals surface area contributed by atoms with Crippen molar-refractivity contribution in [3.8, 4) is 5.75 Å². The van der Waals surface area contributed by atoms with E-state index in [1.165, 1.54) is 11.3 Å². The molecule has 2 amide bonds. The number of fused-ring (bicyclic) bond motifs is 2. The predicted molar refractivity (Wildman–Crippen MR) is 118 cm³/mol. The van der Waals surface area contributed by atoms with Crippen LogP contribution in [0, 0.1) is 0 Å². The lowest BCUT2D eigenvalue weighted by atomic mass is 9.96. The first-order valence-electron chi connectivity index (χ1n) is 10.2. The Morgan fingerprint density at radius 2 is 2.13 bits per heavy atom. The quantitative estimate of drug-likeness (QED) is 0.661. The van der Waals surface area contributed by atoms with Crippen molar-refractivity contribution in [3.63, 3.8) is 0 Å². The SMILES string of the molecule is CC1Cc2cc(NC(=O)c3c4c(c[nH]c3=O)CN(C(=O)c3cccs3)CC4)ccc2O1. The third kappa shape index (κ3) is 3.63. The number of rotatable bonds is 3. The number of carbonyl (C=O) groups excluding carboxylic acids is 2. The molecule has 7 nitrogen and oxygen atoms in total. The monoisotopic (exact) mass is 435 g/mol. The van der Waals surface area contributed by atoms with Crippen LogP contribution in [-0.4, -0.2) is 34.3 Å². The molecule has 0 fully saturated rings. The highest BCUT2D eigenvalue weighted by molar-refractivity contribution is 7.12. The lowest BCUT2D eigenvalue weighted by molar-refractivity contribution is 0.0739. The molecular weight excluding hydrogens is 414 g/mol. The van der Waals surface area contributed by atoms with E-state index in [0.717, 1.165) is 23.3 Å². The Labute approximate surface area is 182 Å². The van der Waals surface area contributed by atoms with Crippen LogP contribution in [0.5, 0.6) is 5.75 Å². The lowest BCUT2D eigenvalue weighted by Crippen LogP contribution is -2.38. The molecule has 2 aliphatic heterocycles. The van der Waals surface area contributed by atoms with Crippen LogP contribution in [0.3, 0.4) is 0 Å². The first-order chi connectivity index (χ1) is 15.0. The van der Waals surface area contributed by atoms with Gasteiger partial charge < -0.3 is 19.9 Å². The van der Waals surface area contributed by atoms with E-state index >= 15 is 0 Å². The third-order valence-electron chi connectivity index (χ3n) is 5.69. The van der Waals surface area contributed by atoms with Crippen molar-refractivity contribution >= 4 is 28.8 Å². The maximum absolute atomic E-state index is 13.0.